The third kappa shape index (κ3) is 3.01. The van der Waals surface area contributed by atoms with Gasteiger partial charge in [-0.2, -0.15) is 11.8 Å². The van der Waals surface area contributed by atoms with E-state index >= 15 is 0 Å². The first-order valence-corrected chi connectivity index (χ1v) is 9.74. The highest BCUT2D eigenvalue weighted by atomic mass is 32.2. The highest BCUT2D eigenvalue weighted by molar-refractivity contribution is 7.99. The maximum Gasteiger partial charge on any atom is 0.119 e. The molecule has 2 saturated heterocycles. The minimum Gasteiger partial charge on any atom is -0.497 e. The Bertz CT molecular complexity index is 514. The van der Waals surface area contributed by atoms with Crippen LogP contribution in [0.4, 0.5) is 0 Å². The Hall–Kier alpha value is -0.710. The van der Waals surface area contributed by atoms with Crippen molar-refractivity contribution in [3.63, 3.8) is 0 Å². The quantitative estimate of drug-likeness (QED) is 0.902. The molecule has 1 aromatic rings. The van der Waals surface area contributed by atoms with Gasteiger partial charge < -0.3 is 10.1 Å². The summed E-state index contributed by atoms with van der Waals surface area (Å²) in [5.74, 6) is 3.58. The molecule has 1 aliphatic carbocycles. The molecular weight excluding hydrogens is 292 g/mol. The molecule has 4 heteroatoms. The van der Waals surface area contributed by atoms with Crippen molar-refractivity contribution in [1.29, 1.82) is 0 Å². The van der Waals surface area contributed by atoms with E-state index in [9.17, 15) is 0 Å². The molecule has 4 rings (SSSR count). The number of thioether (sulfide) groups is 1. The monoisotopic (exact) mass is 318 g/mol. The van der Waals surface area contributed by atoms with E-state index in [4.69, 9.17) is 4.74 Å². The average molecular weight is 318 g/mol. The highest BCUT2D eigenvalue weighted by Gasteiger charge is 2.43. The molecule has 2 aliphatic heterocycles. The third-order valence-electron chi connectivity index (χ3n) is 5.27. The zero-order valence-electron chi connectivity index (χ0n) is 13.3. The Balaban J connectivity index is 1.57. The summed E-state index contributed by atoms with van der Waals surface area (Å²) in [6, 6.07) is 11.4. The van der Waals surface area contributed by atoms with E-state index in [2.05, 4.69) is 46.2 Å². The van der Waals surface area contributed by atoms with E-state index in [1.807, 2.05) is 0 Å². The van der Waals surface area contributed by atoms with Crippen molar-refractivity contribution in [3.05, 3.63) is 29.8 Å². The lowest BCUT2D eigenvalue weighted by Crippen LogP contribution is -2.42. The second-order valence-electron chi connectivity index (χ2n) is 6.81. The number of methoxy groups -OCH3 is 1. The van der Waals surface area contributed by atoms with Crippen molar-refractivity contribution in [2.24, 2.45) is 0 Å². The molecule has 0 aromatic heterocycles. The van der Waals surface area contributed by atoms with Gasteiger partial charge in [-0.25, -0.2) is 0 Å². The van der Waals surface area contributed by atoms with Crippen LogP contribution in [0.5, 0.6) is 5.75 Å². The SMILES string of the molecule is COc1cccc([C@@H]2[C@@H](N[C@@H]3CCSC3)CCN2C2CC2)c1. The number of likely N-dealkylation sites (tertiary alicyclic amines) is 1. The van der Waals surface area contributed by atoms with E-state index in [0.717, 1.165) is 11.8 Å². The van der Waals surface area contributed by atoms with Gasteiger partial charge in [-0.1, -0.05) is 12.1 Å². The molecule has 1 saturated carbocycles. The second-order valence-corrected chi connectivity index (χ2v) is 7.96. The van der Waals surface area contributed by atoms with Crippen molar-refractivity contribution in [3.8, 4) is 5.75 Å². The van der Waals surface area contributed by atoms with Gasteiger partial charge in [-0.05, 0) is 49.1 Å². The largest absolute Gasteiger partial charge is 0.497 e. The van der Waals surface area contributed by atoms with Crippen LogP contribution in [-0.2, 0) is 0 Å². The predicted octanol–water partition coefficient (Wildman–Crippen LogP) is 3.07. The normalized spacial score (nSPS) is 32.5. The number of hydrogen-bond donors (Lipinski definition) is 1. The molecule has 3 aliphatic rings. The average Bonchev–Trinajstić information content (AvgIpc) is 3.11. The molecule has 0 radical (unpaired) electrons. The molecule has 0 amide bonds. The molecule has 2 heterocycles. The first-order valence-electron chi connectivity index (χ1n) is 8.58. The lowest BCUT2D eigenvalue weighted by Gasteiger charge is -2.31. The number of nitrogens with zero attached hydrogens (tertiary/aromatic N) is 1. The van der Waals surface area contributed by atoms with Gasteiger partial charge in [0.05, 0.1) is 13.2 Å². The van der Waals surface area contributed by atoms with E-state index in [1.165, 1.54) is 49.3 Å². The molecule has 0 unspecified atom stereocenters. The lowest BCUT2D eigenvalue weighted by molar-refractivity contribution is 0.222. The van der Waals surface area contributed by atoms with Crippen LogP contribution in [0.15, 0.2) is 24.3 Å². The van der Waals surface area contributed by atoms with Crippen molar-refractivity contribution >= 4 is 11.8 Å². The standard InChI is InChI=1S/C18H26N2OS/c1-21-16-4-2-3-13(11-16)18-17(19-14-8-10-22-12-14)7-9-20(18)15-5-6-15/h2-4,11,14-15,17-19H,5-10,12H2,1H3/t14-,17+,18-/m1/s1. The number of benzene rings is 1. The van der Waals surface area contributed by atoms with E-state index in [0.29, 0.717) is 18.1 Å². The topological polar surface area (TPSA) is 24.5 Å². The summed E-state index contributed by atoms with van der Waals surface area (Å²) in [6.07, 6.45) is 5.37. The van der Waals surface area contributed by atoms with Crippen LogP contribution in [0.1, 0.15) is 37.3 Å². The second kappa shape index (κ2) is 6.42. The maximum atomic E-state index is 5.45. The van der Waals surface area contributed by atoms with Crippen LogP contribution in [0.2, 0.25) is 0 Å². The molecule has 3 atom stereocenters. The predicted molar refractivity (Wildman–Crippen MR) is 92.7 cm³/mol. The molecule has 1 N–H and O–H groups in total. The maximum absolute atomic E-state index is 5.45. The highest BCUT2D eigenvalue weighted by Crippen LogP contribution is 2.42. The summed E-state index contributed by atoms with van der Waals surface area (Å²) in [5.41, 5.74) is 1.42. The summed E-state index contributed by atoms with van der Waals surface area (Å²) in [5, 5.41) is 3.97. The number of rotatable bonds is 5. The van der Waals surface area contributed by atoms with Crippen molar-refractivity contribution in [2.45, 2.75) is 49.9 Å². The molecule has 3 fully saturated rings. The first kappa shape index (κ1) is 14.9. The third-order valence-corrected chi connectivity index (χ3v) is 6.43. The Kier molecular flexibility index (Phi) is 4.34. The number of nitrogens with one attached hydrogen (secondary N) is 1. The summed E-state index contributed by atoms with van der Waals surface area (Å²) < 4.78 is 5.45. The van der Waals surface area contributed by atoms with Crippen LogP contribution in [0, 0.1) is 0 Å². The van der Waals surface area contributed by atoms with E-state index < -0.39 is 0 Å². The Morgan fingerprint density at radius 1 is 1.23 bits per heavy atom. The molecule has 120 valence electrons. The van der Waals surface area contributed by atoms with Gasteiger partial charge in [0.1, 0.15) is 5.75 Å². The Morgan fingerprint density at radius 3 is 2.86 bits per heavy atom. The van der Waals surface area contributed by atoms with Crippen LogP contribution < -0.4 is 10.1 Å². The Labute approximate surface area is 137 Å². The smallest absolute Gasteiger partial charge is 0.119 e. The summed E-state index contributed by atoms with van der Waals surface area (Å²) in [7, 11) is 1.76. The van der Waals surface area contributed by atoms with Gasteiger partial charge in [0.25, 0.3) is 0 Å². The van der Waals surface area contributed by atoms with Gasteiger partial charge in [0.2, 0.25) is 0 Å². The minimum absolute atomic E-state index is 0.521. The van der Waals surface area contributed by atoms with Crippen LogP contribution in [0.3, 0.4) is 0 Å². The summed E-state index contributed by atoms with van der Waals surface area (Å²) >= 11 is 2.09. The Morgan fingerprint density at radius 2 is 2.14 bits per heavy atom. The lowest BCUT2D eigenvalue weighted by atomic mass is 9.98. The van der Waals surface area contributed by atoms with Gasteiger partial charge >= 0.3 is 0 Å². The molecular formula is C18H26N2OS. The van der Waals surface area contributed by atoms with Crippen molar-refractivity contribution < 1.29 is 4.74 Å². The summed E-state index contributed by atoms with van der Waals surface area (Å²) in [4.78, 5) is 2.74. The zero-order chi connectivity index (χ0) is 14.9. The first-order chi connectivity index (χ1) is 10.8. The van der Waals surface area contributed by atoms with E-state index in [1.54, 1.807) is 7.11 Å². The fraction of sp³-hybridized carbons (Fsp3) is 0.667. The molecule has 0 bridgehead atoms. The van der Waals surface area contributed by atoms with Crippen molar-refractivity contribution in [2.75, 3.05) is 25.2 Å². The fourth-order valence-corrected chi connectivity index (χ4v) is 5.19. The van der Waals surface area contributed by atoms with E-state index in [-0.39, 0.29) is 0 Å². The molecule has 22 heavy (non-hydrogen) atoms. The summed E-state index contributed by atoms with van der Waals surface area (Å²) in [6.45, 7) is 1.24. The van der Waals surface area contributed by atoms with Gasteiger partial charge in [0, 0.05) is 30.4 Å². The van der Waals surface area contributed by atoms with Crippen LogP contribution in [-0.4, -0.2) is 48.2 Å². The van der Waals surface area contributed by atoms with Gasteiger partial charge in [0.15, 0.2) is 0 Å². The molecule has 0 spiro atoms. The van der Waals surface area contributed by atoms with Gasteiger partial charge in [-0.15, -0.1) is 0 Å². The molecule has 3 nitrogen and oxygen atoms in total. The van der Waals surface area contributed by atoms with Crippen LogP contribution in [0.25, 0.3) is 0 Å². The number of ether oxygens (including phenoxy) is 1. The van der Waals surface area contributed by atoms with Crippen LogP contribution >= 0.6 is 11.8 Å². The van der Waals surface area contributed by atoms with Gasteiger partial charge in [-0.3, -0.25) is 4.90 Å². The molecule has 1 aromatic carbocycles. The minimum atomic E-state index is 0.521. The van der Waals surface area contributed by atoms with Crippen molar-refractivity contribution in [1.82, 2.24) is 10.2 Å². The number of hydrogen-bond acceptors (Lipinski definition) is 4. The fourth-order valence-electron chi connectivity index (χ4n) is 4.02. The zero-order valence-corrected chi connectivity index (χ0v) is 14.1.